The molecule has 1 saturated heterocycles. The minimum atomic E-state index is -0.0238. The number of carbonyl (C=O) groups excluding carboxylic acids is 1. The molecule has 2 aromatic rings. The summed E-state index contributed by atoms with van der Waals surface area (Å²) in [6, 6.07) is 21.5. The Hall–Kier alpha value is -2.86. The molecule has 1 amide bonds. The summed E-state index contributed by atoms with van der Waals surface area (Å²) in [6.07, 6.45) is 0.628. The van der Waals surface area contributed by atoms with Gasteiger partial charge in [-0.1, -0.05) is 60.7 Å². The molecule has 0 N–H and O–H groups in total. The van der Waals surface area contributed by atoms with Crippen molar-refractivity contribution in [3.05, 3.63) is 77.4 Å². The summed E-state index contributed by atoms with van der Waals surface area (Å²) in [7, 11) is 0. The average Bonchev–Trinajstić information content (AvgIpc) is 2.92. The predicted octanol–water partition coefficient (Wildman–Crippen LogP) is 3.40. The fraction of sp³-hybridized carbons (Fsp3) is 0.158. The van der Waals surface area contributed by atoms with Crippen LogP contribution in [0.1, 0.15) is 17.5 Å². The van der Waals surface area contributed by atoms with Crippen LogP contribution in [0, 0.1) is 11.3 Å². The average molecular weight is 288 g/mol. The second-order valence-corrected chi connectivity index (χ2v) is 5.29. The van der Waals surface area contributed by atoms with E-state index in [9.17, 15) is 10.1 Å². The Bertz CT molecular complexity index is 742. The van der Waals surface area contributed by atoms with E-state index in [0.29, 0.717) is 30.7 Å². The Morgan fingerprint density at radius 3 is 2.32 bits per heavy atom. The molecular formula is C19H16N2O. The summed E-state index contributed by atoms with van der Waals surface area (Å²) in [5.74, 6) is -0.0238. The molecule has 1 fully saturated rings. The molecule has 1 aliphatic heterocycles. The number of hydrogen-bond acceptors (Lipinski definition) is 2. The Labute approximate surface area is 130 Å². The topological polar surface area (TPSA) is 44.1 Å². The van der Waals surface area contributed by atoms with Crippen LogP contribution in [-0.2, 0) is 11.3 Å². The zero-order valence-electron chi connectivity index (χ0n) is 12.2. The molecule has 0 bridgehead atoms. The summed E-state index contributed by atoms with van der Waals surface area (Å²) in [5, 5.41) is 9.46. The second kappa shape index (κ2) is 6.28. The number of hydrogen-bond donors (Lipinski definition) is 0. The van der Waals surface area contributed by atoms with E-state index >= 15 is 0 Å². The minimum absolute atomic E-state index is 0.0238. The highest BCUT2D eigenvalue weighted by Gasteiger charge is 2.29. The summed E-state index contributed by atoms with van der Waals surface area (Å²) in [5.41, 5.74) is 3.05. The summed E-state index contributed by atoms with van der Waals surface area (Å²) >= 11 is 0. The number of allylic oxidation sites excluding steroid dienone is 1. The molecule has 1 heterocycles. The Kier molecular flexibility index (Phi) is 4.02. The van der Waals surface area contributed by atoms with Crippen molar-refractivity contribution in [2.24, 2.45) is 0 Å². The van der Waals surface area contributed by atoms with Gasteiger partial charge in [-0.2, -0.15) is 5.26 Å². The molecule has 0 spiro atoms. The lowest BCUT2D eigenvalue weighted by Crippen LogP contribution is -2.24. The van der Waals surface area contributed by atoms with E-state index in [2.05, 4.69) is 6.07 Å². The molecule has 2 aromatic carbocycles. The first-order valence-corrected chi connectivity index (χ1v) is 7.31. The van der Waals surface area contributed by atoms with Crippen molar-refractivity contribution >= 4 is 11.5 Å². The third-order valence-electron chi connectivity index (χ3n) is 3.87. The van der Waals surface area contributed by atoms with Gasteiger partial charge in [0.05, 0.1) is 5.57 Å². The van der Waals surface area contributed by atoms with Crippen LogP contribution in [0.25, 0.3) is 5.57 Å². The first-order chi connectivity index (χ1) is 10.8. The fourth-order valence-electron chi connectivity index (χ4n) is 2.74. The number of likely N-dealkylation sites (tertiary alicyclic amines) is 1. The predicted molar refractivity (Wildman–Crippen MR) is 85.5 cm³/mol. The molecule has 3 rings (SSSR count). The third-order valence-corrected chi connectivity index (χ3v) is 3.87. The van der Waals surface area contributed by atoms with Gasteiger partial charge in [-0.25, -0.2) is 0 Å². The number of benzene rings is 2. The van der Waals surface area contributed by atoms with Gasteiger partial charge in [0.1, 0.15) is 6.07 Å². The molecular weight excluding hydrogens is 272 g/mol. The quantitative estimate of drug-likeness (QED) is 0.642. The number of amides is 1. The first-order valence-electron chi connectivity index (χ1n) is 7.31. The standard InChI is InChI=1S/C19H16N2O/c20-13-18(16-9-5-2-6-10-16)17-11-12-21(19(17)22)14-15-7-3-1-4-8-15/h1-10H,11-12,14H2/b18-17+. The highest BCUT2D eigenvalue weighted by molar-refractivity contribution is 6.05. The van der Waals surface area contributed by atoms with Gasteiger partial charge in [-0.15, -0.1) is 0 Å². The molecule has 0 aliphatic carbocycles. The van der Waals surface area contributed by atoms with Crippen molar-refractivity contribution in [2.75, 3.05) is 6.54 Å². The zero-order chi connectivity index (χ0) is 15.4. The van der Waals surface area contributed by atoms with Crippen LogP contribution in [-0.4, -0.2) is 17.4 Å². The maximum Gasteiger partial charge on any atom is 0.251 e. The minimum Gasteiger partial charge on any atom is -0.334 e. The SMILES string of the molecule is N#C/C(=C1/CCN(Cc2ccccc2)C1=O)c1ccccc1. The van der Waals surface area contributed by atoms with Crippen LogP contribution in [0.15, 0.2) is 66.2 Å². The largest absolute Gasteiger partial charge is 0.334 e. The van der Waals surface area contributed by atoms with Crippen LogP contribution in [0.5, 0.6) is 0 Å². The van der Waals surface area contributed by atoms with Crippen LogP contribution in [0.4, 0.5) is 0 Å². The molecule has 3 heteroatoms. The molecule has 22 heavy (non-hydrogen) atoms. The van der Waals surface area contributed by atoms with Crippen molar-refractivity contribution in [3.8, 4) is 6.07 Å². The molecule has 108 valence electrons. The summed E-state index contributed by atoms with van der Waals surface area (Å²) < 4.78 is 0. The van der Waals surface area contributed by atoms with Crippen LogP contribution in [0.3, 0.4) is 0 Å². The monoisotopic (exact) mass is 288 g/mol. The maximum absolute atomic E-state index is 12.6. The molecule has 1 aliphatic rings. The van der Waals surface area contributed by atoms with Gasteiger partial charge in [-0.05, 0) is 17.5 Å². The first kappa shape index (κ1) is 14.1. The third kappa shape index (κ3) is 2.77. The molecule has 0 aromatic heterocycles. The smallest absolute Gasteiger partial charge is 0.251 e. The van der Waals surface area contributed by atoms with Gasteiger partial charge in [0.25, 0.3) is 5.91 Å². The molecule has 0 atom stereocenters. The number of carbonyl (C=O) groups is 1. The van der Waals surface area contributed by atoms with E-state index in [-0.39, 0.29) is 5.91 Å². The van der Waals surface area contributed by atoms with E-state index in [1.807, 2.05) is 65.6 Å². The van der Waals surface area contributed by atoms with Gasteiger partial charge < -0.3 is 4.90 Å². The van der Waals surface area contributed by atoms with Crippen molar-refractivity contribution in [3.63, 3.8) is 0 Å². The second-order valence-electron chi connectivity index (χ2n) is 5.29. The molecule has 0 unspecified atom stereocenters. The number of nitrogens with zero attached hydrogens (tertiary/aromatic N) is 2. The lowest BCUT2D eigenvalue weighted by atomic mass is 10.00. The molecule has 0 saturated carbocycles. The lowest BCUT2D eigenvalue weighted by molar-refractivity contribution is -0.125. The van der Waals surface area contributed by atoms with E-state index in [1.165, 1.54) is 0 Å². The van der Waals surface area contributed by atoms with Gasteiger partial charge in [-0.3, -0.25) is 4.79 Å². The highest BCUT2D eigenvalue weighted by Crippen LogP contribution is 2.27. The highest BCUT2D eigenvalue weighted by atomic mass is 16.2. The van der Waals surface area contributed by atoms with Gasteiger partial charge >= 0.3 is 0 Å². The van der Waals surface area contributed by atoms with Crippen molar-refractivity contribution in [1.82, 2.24) is 4.90 Å². The van der Waals surface area contributed by atoms with Crippen LogP contribution in [0.2, 0.25) is 0 Å². The lowest BCUT2D eigenvalue weighted by Gasteiger charge is -2.15. The Balaban J connectivity index is 1.87. The van der Waals surface area contributed by atoms with Gasteiger partial charge in [0.2, 0.25) is 0 Å². The van der Waals surface area contributed by atoms with E-state index in [0.717, 1.165) is 11.1 Å². The Morgan fingerprint density at radius 1 is 1.05 bits per heavy atom. The summed E-state index contributed by atoms with van der Waals surface area (Å²) in [4.78, 5) is 14.4. The van der Waals surface area contributed by atoms with Crippen LogP contribution < -0.4 is 0 Å². The Morgan fingerprint density at radius 2 is 1.68 bits per heavy atom. The number of rotatable bonds is 3. The van der Waals surface area contributed by atoms with E-state index in [1.54, 1.807) is 0 Å². The van der Waals surface area contributed by atoms with E-state index in [4.69, 9.17) is 0 Å². The molecule has 3 nitrogen and oxygen atoms in total. The maximum atomic E-state index is 12.6. The van der Waals surface area contributed by atoms with Crippen molar-refractivity contribution in [2.45, 2.75) is 13.0 Å². The van der Waals surface area contributed by atoms with Crippen molar-refractivity contribution in [1.29, 1.82) is 5.26 Å². The number of nitriles is 1. The summed E-state index contributed by atoms with van der Waals surface area (Å²) in [6.45, 7) is 1.26. The molecule has 0 radical (unpaired) electrons. The van der Waals surface area contributed by atoms with Gasteiger partial charge in [0.15, 0.2) is 0 Å². The normalized spacial score (nSPS) is 16.5. The van der Waals surface area contributed by atoms with Crippen LogP contribution >= 0.6 is 0 Å². The zero-order valence-corrected chi connectivity index (χ0v) is 12.2. The van der Waals surface area contributed by atoms with Crippen molar-refractivity contribution < 1.29 is 4.79 Å². The van der Waals surface area contributed by atoms with E-state index < -0.39 is 0 Å². The fourth-order valence-corrected chi connectivity index (χ4v) is 2.74. The van der Waals surface area contributed by atoms with Gasteiger partial charge in [0, 0.05) is 18.7 Å².